The van der Waals surface area contributed by atoms with Gasteiger partial charge in [0.05, 0.1) is 5.69 Å². The quantitative estimate of drug-likeness (QED) is 0.777. The van der Waals surface area contributed by atoms with Gasteiger partial charge in [0.15, 0.2) is 0 Å². The van der Waals surface area contributed by atoms with Crippen molar-refractivity contribution in [3.63, 3.8) is 0 Å². The minimum atomic E-state index is -0.215. The van der Waals surface area contributed by atoms with Gasteiger partial charge in [0.1, 0.15) is 16.8 Å². The lowest BCUT2D eigenvalue weighted by Gasteiger charge is -2.06. The minimum Gasteiger partial charge on any atom is -0.233 e. The molecular formula is C14H14ClFN2. The van der Waals surface area contributed by atoms with E-state index in [1.54, 1.807) is 25.1 Å². The van der Waals surface area contributed by atoms with Crippen LogP contribution in [0.1, 0.15) is 24.7 Å². The Labute approximate surface area is 111 Å². The van der Waals surface area contributed by atoms with E-state index < -0.39 is 0 Å². The molecule has 1 aromatic heterocycles. The van der Waals surface area contributed by atoms with Crippen molar-refractivity contribution in [2.75, 3.05) is 0 Å². The number of hydrogen-bond donors (Lipinski definition) is 0. The molecule has 1 heterocycles. The van der Waals surface area contributed by atoms with Gasteiger partial charge in [0.25, 0.3) is 0 Å². The van der Waals surface area contributed by atoms with E-state index in [9.17, 15) is 4.39 Å². The molecule has 2 aromatic rings. The second kappa shape index (κ2) is 5.44. The molecule has 2 rings (SSSR count). The van der Waals surface area contributed by atoms with Gasteiger partial charge in [-0.25, -0.2) is 14.4 Å². The Bertz CT molecular complexity index is 570. The molecule has 1 aromatic carbocycles. The molecule has 0 radical (unpaired) electrons. The molecule has 0 fully saturated rings. The van der Waals surface area contributed by atoms with Crippen LogP contribution in [0.5, 0.6) is 0 Å². The molecule has 0 N–H and O–H groups in total. The summed E-state index contributed by atoms with van der Waals surface area (Å²) in [5, 5.41) is 0.422. The largest absolute Gasteiger partial charge is 0.233 e. The van der Waals surface area contributed by atoms with E-state index in [2.05, 4.69) is 16.9 Å². The van der Waals surface area contributed by atoms with Gasteiger partial charge >= 0.3 is 0 Å². The number of nitrogens with zero attached hydrogens (tertiary/aromatic N) is 2. The Kier molecular flexibility index (Phi) is 3.92. The summed E-state index contributed by atoms with van der Waals surface area (Å²) >= 11 is 5.98. The lowest BCUT2D eigenvalue weighted by atomic mass is 10.1. The summed E-state index contributed by atoms with van der Waals surface area (Å²) in [5.74, 6) is 0.509. The molecule has 0 spiro atoms. The Hall–Kier alpha value is -1.48. The van der Waals surface area contributed by atoms with Crippen molar-refractivity contribution >= 4 is 11.6 Å². The molecule has 0 aliphatic carbocycles. The van der Waals surface area contributed by atoms with Crippen LogP contribution in [0.2, 0.25) is 5.15 Å². The van der Waals surface area contributed by atoms with Crippen LogP contribution in [0.25, 0.3) is 11.3 Å². The van der Waals surface area contributed by atoms with Gasteiger partial charge in [-0.05, 0) is 37.1 Å². The Balaban J connectivity index is 2.46. The van der Waals surface area contributed by atoms with E-state index in [1.165, 1.54) is 6.07 Å². The summed E-state index contributed by atoms with van der Waals surface area (Å²) in [6.45, 7) is 3.79. The highest BCUT2D eigenvalue weighted by Gasteiger charge is 2.07. The number of aryl methyl sites for hydroxylation is 2. The topological polar surface area (TPSA) is 25.8 Å². The highest BCUT2D eigenvalue weighted by Crippen LogP contribution is 2.22. The zero-order valence-corrected chi connectivity index (χ0v) is 11.1. The maximum atomic E-state index is 13.2. The summed E-state index contributed by atoms with van der Waals surface area (Å²) in [7, 11) is 0. The second-order valence-electron chi connectivity index (χ2n) is 4.21. The zero-order valence-electron chi connectivity index (χ0n) is 10.4. The first-order valence-electron chi connectivity index (χ1n) is 5.90. The molecule has 4 heteroatoms. The van der Waals surface area contributed by atoms with Crippen LogP contribution < -0.4 is 0 Å². The maximum absolute atomic E-state index is 13.2. The number of hydrogen-bond acceptors (Lipinski definition) is 2. The predicted octanol–water partition coefficient (Wildman–Crippen LogP) is 4.20. The molecular weight excluding hydrogens is 251 g/mol. The van der Waals surface area contributed by atoms with Crippen molar-refractivity contribution in [3.05, 3.63) is 46.6 Å². The van der Waals surface area contributed by atoms with E-state index in [0.29, 0.717) is 10.7 Å². The van der Waals surface area contributed by atoms with E-state index in [1.807, 2.05) is 0 Å². The molecule has 0 bridgehead atoms. The highest BCUT2D eigenvalue weighted by molar-refractivity contribution is 6.29. The summed E-state index contributed by atoms with van der Waals surface area (Å²) in [6.07, 6.45) is 1.75. The van der Waals surface area contributed by atoms with Crippen molar-refractivity contribution in [2.45, 2.75) is 26.7 Å². The zero-order chi connectivity index (χ0) is 13.1. The lowest BCUT2D eigenvalue weighted by molar-refractivity contribution is 0.618. The van der Waals surface area contributed by atoms with Gasteiger partial charge in [0, 0.05) is 18.1 Å². The smallest absolute Gasteiger partial charge is 0.133 e. The lowest BCUT2D eigenvalue weighted by Crippen LogP contribution is -1.97. The summed E-state index contributed by atoms with van der Waals surface area (Å²) in [5.41, 5.74) is 2.19. The second-order valence-corrected chi connectivity index (χ2v) is 4.59. The van der Waals surface area contributed by atoms with E-state index in [4.69, 9.17) is 11.6 Å². The highest BCUT2D eigenvalue weighted by atomic mass is 35.5. The van der Waals surface area contributed by atoms with Crippen LogP contribution in [0.4, 0.5) is 4.39 Å². The minimum absolute atomic E-state index is 0.215. The number of aromatic nitrogens is 2. The SMILES string of the molecule is CCCc1nc(Cl)cc(-c2ccc(F)c(C)c2)n1. The van der Waals surface area contributed by atoms with Gasteiger partial charge in [0.2, 0.25) is 0 Å². The van der Waals surface area contributed by atoms with Crippen molar-refractivity contribution in [1.29, 1.82) is 0 Å². The van der Waals surface area contributed by atoms with Crippen molar-refractivity contribution in [3.8, 4) is 11.3 Å². The Morgan fingerprint density at radius 3 is 2.67 bits per heavy atom. The Morgan fingerprint density at radius 2 is 2.00 bits per heavy atom. The predicted molar refractivity (Wildman–Crippen MR) is 71.2 cm³/mol. The fourth-order valence-corrected chi connectivity index (χ4v) is 1.95. The molecule has 0 saturated carbocycles. The maximum Gasteiger partial charge on any atom is 0.133 e. The van der Waals surface area contributed by atoms with Crippen LogP contribution >= 0.6 is 11.6 Å². The number of benzene rings is 1. The van der Waals surface area contributed by atoms with Crippen LogP contribution in [0, 0.1) is 12.7 Å². The van der Waals surface area contributed by atoms with Crippen LogP contribution in [0.15, 0.2) is 24.3 Å². The standard InChI is InChI=1S/C14H14ClFN2/c1-3-4-14-17-12(8-13(15)18-14)10-5-6-11(16)9(2)7-10/h5-8H,3-4H2,1-2H3. The summed E-state index contributed by atoms with van der Waals surface area (Å²) < 4.78 is 13.2. The molecule has 2 nitrogen and oxygen atoms in total. The Morgan fingerprint density at radius 1 is 1.22 bits per heavy atom. The monoisotopic (exact) mass is 264 g/mol. The average Bonchev–Trinajstić information content (AvgIpc) is 2.32. The third kappa shape index (κ3) is 2.85. The normalized spacial score (nSPS) is 10.7. The first-order chi connectivity index (χ1) is 8.60. The molecule has 0 saturated heterocycles. The third-order valence-corrected chi connectivity index (χ3v) is 2.86. The molecule has 94 valence electrons. The van der Waals surface area contributed by atoms with Crippen LogP contribution in [-0.4, -0.2) is 9.97 Å². The van der Waals surface area contributed by atoms with E-state index >= 15 is 0 Å². The molecule has 18 heavy (non-hydrogen) atoms. The first-order valence-corrected chi connectivity index (χ1v) is 6.28. The molecule has 0 aliphatic heterocycles. The summed E-state index contributed by atoms with van der Waals surface area (Å²) in [6, 6.07) is 6.62. The van der Waals surface area contributed by atoms with Crippen LogP contribution in [-0.2, 0) is 6.42 Å². The van der Waals surface area contributed by atoms with Gasteiger partial charge in [-0.1, -0.05) is 18.5 Å². The van der Waals surface area contributed by atoms with Gasteiger partial charge < -0.3 is 0 Å². The molecule has 0 amide bonds. The van der Waals surface area contributed by atoms with Crippen LogP contribution in [0.3, 0.4) is 0 Å². The van der Waals surface area contributed by atoms with Crippen molar-refractivity contribution in [2.24, 2.45) is 0 Å². The average molecular weight is 265 g/mol. The number of rotatable bonds is 3. The first kappa shape index (κ1) is 13.0. The molecule has 0 aliphatic rings. The fourth-order valence-electron chi connectivity index (χ4n) is 1.75. The van der Waals surface area contributed by atoms with Crippen molar-refractivity contribution in [1.82, 2.24) is 9.97 Å². The van der Waals surface area contributed by atoms with Gasteiger partial charge in [-0.2, -0.15) is 0 Å². The summed E-state index contributed by atoms with van der Waals surface area (Å²) in [4.78, 5) is 8.62. The van der Waals surface area contributed by atoms with Gasteiger partial charge in [-0.3, -0.25) is 0 Å². The van der Waals surface area contributed by atoms with Gasteiger partial charge in [-0.15, -0.1) is 0 Å². The third-order valence-electron chi connectivity index (χ3n) is 2.67. The van der Waals surface area contributed by atoms with Crippen molar-refractivity contribution < 1.29 is 4.39 Å². The molecule has 0 atom stereocenters. The fraction of sp³-hybridized carbons (Fsp3) is 0.286. The van der Waals surface area contributed by atoms with E-state index in [-0.39, 0.29) is 5.82 Å². The van der Waals surface area contributed by atoms with E-state index in [0.717, 1.165) is 29.9 Å². The molecule has 0 unspecified atom stereocenters. The number of halogens is 2.